The van der Waals surface area contributed by atoms with Crippen LogP contribution in [0, 0.1) is 5.82 Å². The molecule has 1 heterocycles. The highest BCUT2D eigenvalue weighted by atomic mass is 32.2. The molecular weight excluding hydrogens is 251 g/mol. The summed E-state index contributed by atoms with van der Waals surface area (Å²) >= 11 is 1.86. The number of thioether (sulfide) groups is 1. The topological polar surface area (TPSA) is 32.3 Å². The van der Waals surface area contributed by atoms with E-state index in [1.807, 2.05) is 16.7 Å². The lowest BCUT2D eigenvalue weighted by Gasteiger charge is -2.21. The van der Waals surface area contributed by atoms with Crippen LogP contribution in [-0.2, 0) is 0 Å². The van der Waals surface area contributed by atoms with E-state index in [-0.39, 0.29) is 11.7 Å². The molecule has 18 heavy (non-hydrogen) atoms. The van der Waals surface area contributed by atoms with Crippen LogP contribution in [0.5, 0.6) is 0 Å². The van der Waals surface area contributed by atoms with E-state index >= 15 is 0 Å². The largest absolute Gasteiger partial charge is 0.385 e. The first-order chi connectivity index (χ1) is 8.74. The van der Waals surface area contributed by atoms with E-state index in [0.29, 0.717) is 11.3 Å². The third kappa shape index (κ3) is 2.77. The molecule has 2 rings (SSSR count). The number of carbonyl (C=O) groups excluding carboxylic acids is 1. The van der Waals surface area contributed by atoms with Crippen LogP contribution in [0.1, 0.15) is 16.8 Å². The molecule has 1 aromatic carbocycles. The monoisotopic (exact) mass is 268 g/mol. The van der Waals surface area contributed by atoms with Crippen molar-refractivity contribution >= 4 is 23.4 Å². The van der Waals surface area contributed by atoms with E-state index in [1.165, 1.54) is 6.07 Å². The van der Waals surface area contributed by atoms with Crippen LogP contribution in [0.4, 0.5) is 10.1 Å². The van der Waals surface area contributed by atoms with E-state index in [2.05, 4.69) is 5.32 Å². The number of carbonyl (C=O) groups is 1. The zero-order valence-corrected chi connectivity index (χ0v) is 11.2. The lowest BCUT2D eigenvalue weighted by Crippen LogP contribution is -2.33. The third-order valence-electron chi connectivity index (χ3n) is 3.00. The van der Waals surface area contributed by atoms with Gasteiger partial charge in [-0.05, 0) is 24.3 Å². The maximum atomic E-state index is 13.6. The van der Waals surface area contributed by atoms with Crippen molar-refractivity contribution in [1.82, 2.24) is 4.90 Å². The summed E-state index contributed by atoms with van der Waals surface area (Å²) in [6.07, 6.45) is 1.00. The number of nitrogens with zero attached hydrogens (tertiary/aromatic N) is 1. The minimum Gasteiger partial charge on any atom is -0.385 e. The minimum absolute atomic E-state index is 0.0821. The second-order valence-corrected chi connectivity index (χ2v) is 5.40. The van der Waals surface area contributed by atoms with Gasteiger partial charge in [0.1, 0.15) is 5.82 Å². The molecule has 0 aromatic heterocycles. The van der Waals surface area contributed by atoms with Gasteiger partial charge in [0.15, 0.2) is 0 Å². The summed E-state index contributed by atoms with van der Waals surface area (Å²) in [5.41, 5.74) is 0.712. The van der Waals surface area contributed by atoms with Crippen molar-refractivity contribution in [3.63, 3.8) is 0 Å². The molecule has 1 amide bonds. The molecule has 1 aliphatic heterocycles. The van der Waals surface area contributed by atoms with Gasteiger partial charge < -0.3 is 10.2 Å². The zero-order valence-electron chi connectivity index (χ0n) is 10.4. The molecule has 0 atom stereocenters. The first-order valence-electron chi connectivity index (χ1n) is 6.07. The highest BCUT2D eigenvalue weighted by Crippen LogP contribution is 2.22. The summed E-state index contributed by atoms with van der Waals surface area (Å²) < 4.78 is 13.6. The predicted molar refractivity (Wildman–Crippen MR) is 73.8 cm³/mol. The summed E-state index contributed by atoms with van der Waals surface area (Å²) in [5.74, 6) is 1.58. The maximum absolute atomic E-state index is 13.6. The standard InChI is InChI=1S/C13H17FN2OS/c1-15-12-10(4-2-5-11(12)14)13(17)16-6-3-8-18-9-7-16/h2,4-5,15H,3,6-9H2,1H3. The number of para-hydroxylation sites is 1. The summed E-state index contributed by atoms with van der Waals surface area (Å²) in [7, 11) is 1.63. The van der Waals surface area contributed by atoms with Crippen LogP contribution >= 0.6 is 11.8 Å². The number of anilines is 1. The fraction of sp³-hybridized carbons (Fsp3) is 0.462. The second-order valence-electron chi connectivity index (χ2n) is 4.17. The van der Waals surface area contributed by atoms with Gasteiger partial charge in [0.25, 0.3) is 5.91 Å². The Labute approximate surface area is 111 Å². The molecule has 0 unspecified atom stereocenters. The smallest absolute Gasteiger partial charge is 0.256 e. The molecule has 0 bridgehead atoms. The van der Waals surface area contributed by atoms with E-state index < -0.39 is 0 Å². The van der Waals surface area contributed by atoms with Crippen molar-refractivity contribution in [1.29, 1.82) is 0 Å². The van der Waals surface area contributed by atoms with Crippen molar-refractivity contribution in [2.75, 3.05) is 37.0 Å². The van der Waals surface area contributed by atoms with E-state index in [9.17, 15) is 9.18 Å². The first-order valence-corrected chi connectivity index (χ1v) is 7.23. The van der Waals surface area contributed by atoms with E-state index in [0.717, 1.165) is 31.0 Å². The Hall–Kier alpha value is -1.23. The Morgan fingerprint density at radius 2 is 2.22 bits per heavy atom. The van der Waals surface area contributed by atoms with Crippen LogP contribution in [0.3, 0.4) is 0 Å². The number of rotatable bonds is 2. The van der Waals surface area contributed by atoms with Crippen LogP contribution in [0.2, 0.25) is 0 Å². The molecule has 1 saturated heterocycles. The quantitative estimate of drug-likeness (QED) is 0.894. The Kier molecular flexibility index (Phi) is 4.47. The van der Waals surface area contributed by atoms with Gasteiger partial charge in [0.2, 0.25) is 0 Å². The molecule has 0 spiro atoms. The van der Waals surface area contributed by atoms with Crippen LogP contribution in [0.15, 0.2) is 18.2 Å². The Balaban J connectivity index is 2.24. The first kappa shape index (κ1) is 13.2. The number of hydrogen-bond acceptors (Lipinski definition) is 3. The fourth-order valence-electron chi connectivity index (χ4n) is 2.08. The van der Waals surface area contributed by atoms with Crippen molar-refractivity contribution in [3.8, 4) is 0 Å². The molecule has 5 heteroatoms. The summed E-state index contributed by atoms with van der Waals surface area (Å²) in [6.45, 7) is 1.49. The van der Waals surface area contributed by atoms with Crippen molar-refractivity contribution in [2.45, 2.75) is 6.42 Å². The highest BCUT2D eigenvalue weighted by Gasteiger charge is 2.21. The minimum atomic E-state index is -0.382. The molecule has 0 saturated carbocycles. The van der Waals surface area contributed by atoms with E-state index in [4.69, 9.17) is 0 Å². The fourth-order valence-corrected chi connectivity index (χ4v) is 2.96. The predicted octanol–water partition coefficient (Wildman–Crippen LogP) is 2.45. The number of benzene rings is 1. The van der Waals surface area contributed by atoms with Crippen LogP contribution in [0.25, 0.3) is 0 Å². The zero-order chi connectivity index (χ0) is 13.0. The van der Waals surface area contributed by atoms with Gasteiger partial charge in [-0.1, -0.05) is 6.07 Å². The molecule has 1 aliphatic rings. The lowest BCUT2D eigenvalue weighted by atomic mass is 10.1. The number of hydrogen-bond donors (Lipinski definition) is 1. The Bertz CT molecular complexity index is 431. The number of amides is 1. The average molecular weight is 268 g/mol. The molecule has 1 aromatic rings. The lowest BCUT2D eigenvalue weighted by molar-refractivity contribution is 0.0769. The average Bonchev–Trinajstić information content (AvgIpc) is 2.66. The Morgan fingerprint density at radius 1 is 1.39 bits per heavy atom. The van der Waals surface area contributed by atoms with Crippen LogP contribution in [-0.4, -0.2) is 42.4 Å². The molecule has 1 fully saturated rings. The molecule has 3 nitrogen and oxygen atoms in total. The Morgan fingerprint density at radius 3 is 3.00 bits per heavy atom. The molecule has 1 N–H and O–H groups in total. The second kappa shape index (κ2) is 6.09. The van der Waals surface area contributed by atoms with Gasteiger partial charge in [0, 0.05) is 25.9 Å². The van der Waals surface area contributed by atoms with Crippen molar-refractivity contribution in [3.05, 3.63) is 29.6 Å². The van der Waals surface area contributed by atoms with Gasteiger partial charge in [-0.2, -0.15) is 11.8 Å². The summed E-state index contributed by atoms with van der Waals surface area (Å²) in [5, 5.41) is 2.77. The summed E-state index contributed by atoms with van der Waals surface area (Å²) in [6, 6.07) is 4.62. The van der Waals surface area contributed by atoms with E-state index in [1.54, 1.807) is 19.2 Å². The normalized spacial score (nSPS) is 16.2. The third-order valence-corrected chi connectivity index (χ3v) is 4.05. The molecule has 0 aliphatic carbocycles. The van der Waals surface area contributed by atoms with Crippen molar-refractivity contribution < 1.29 is 9.18 Å². The number of nitrogens with one attached hydrogen (secondary N) is 1. The number of halogens is 1. The molecule has 0 radical (unpaired) electrons. The van der Waals surface area contributed by atoms with Crippen LogP contribution < -0.4 is 5.32 Å². The summed E-state index contributed by atoms with van der Waals surface area (Å²) in [4.78, 5) is 14.2. The van der Waals surface area contributed by atoms with Crippen molar-refractivity contribution in [2.24, 2.45) is 0 Å². The maximum Gasteiger partial charge on any atom is 0.256 e. The highest BCUT2D eigenvalue weighted by molar-refractivity contribution is 7.99. The van der Waals surface area contributed by atoms with Gasteiger partial charge in [-0.15, -0.1) is 0 Å². The van der Waals surface area contributed by atoms with Gasteiger partial charge in [0.05, 0.1) is 11.3 Å². The SMILES string of the molecule is CNc1c(F)cccc1C(=O)N1CCCSCC1. The van der Waals surface area contributed by atoms with Gasteiger partial charge >= 0.3 is 0 Å². The van der Waals surface area contributed by atoms with Gasteiger partial charge in [-0.25, -0.2) is 4.39 Å². The van der Waals surface area contributed by atoms with Gasteiger partial charge in [-0.3, -0.25) is 4.79 Å². The molecular formula is C13H17FN2OS. The molecule has 98 valence electrons.